The molecule has 2 aromatic carbocycles. The van der Waals surface area contributed by atoms with Gasteiger partial charge in [-0.3, -0.25) is 9.59 Å². The number of para-hydroxylation sites is 1. The van der Waals surface area contributed by atoms with Crippen LogP contribution in [-0.4, -0.2) is 35.3 Å². The lowest BCUT2D eigenvalue weighted by atomic mass is 9.82. The molecule has 0 atom stereocenters. The molecule has 0 radical (unpaired) electrons. The molecule has 2 aliphatic heterocycles. The van der Waals surface area contributed by atoms with Crippen molar-refractivity contribution in [2.24, 2.45) is 0 Å². The predicted octanol–water partition coefficient (Wildman–Crippen LogP) is 3.73. The summed E-state index contributed by atoms with van der Waals surface area (Å²) in [4.78, 5) is 26.7. The lowest BCUT2D eigenvalue weighted by Crippen LogP contribution is -2.52. The summed E-state index contributed by atoms with van der Waals surface area (Å²) in [6.45, 7) is 1.21. The Morgan fingerprint density at radius 2 is 1.69 bits per heavy atom. The van der Waals surface area contributed by atoms with Crippen LogP contribution in [0.4, 0.5) is 0 Å². The monoisotopic (exact) mass is 347 g/mol. The molecule has 0 aliphatic carbocycles. The number of hydrogen-bond acceptors (Lipinski definition) is 3. The molecule has 4 nitrogen and oxygen atoms in total. The first kappa shape index (κ1) is 16.6. The molecular weight excluding hydrogens is 326 g/mol. The van der Waals surface area contributed by atoms with Gasteiger partial charge >= 0.3 is 0 Å². The Bertz CT molecular complexity index is 849. The van der Waals surface area contributed by atoms with Crippen LogP contribution in [-0.2, 0) is 4.79 Å². The van der Waals surface area contributed by atoms with Crippen molar-refractivity contribution in [3.05, 3.63) is 71.8 Å². The second-order valence-electron chi connectivity index (χ2n) is 6.95. The second-order valence-corrected chi connectivity index (χ2v) is 6.95. The summed E-state index contributed by atoms with van der Waals surface area (Å²) >= 11 is 0. The van der Waals surface area contributed by atoms with Crippen LogP contribution >= 0.6 is 0 Å². The molecule has 0 N–H and O–H groups in total. The van der Waals surface area contributed by atoms with Gasteiger partial charge in [-0.25, -0.2) is 0 Å². The number of Topliss-reactive ketones (excluding diaryl/α,β-unsaturated/α-hetero) is 1. The van der Waals surface area contributed by atoms with Gasteiger partial charge in [0, 0.05) is 32.0 Å². The number of benzene rings is 2. The maximum absolute atomic E-state index is 12.5. The molecule has 1 fully saturated rings. The third kappa shape index (κ3) is 3.27. The SMILES string of the molecule is O=C1CC2(CCN(C(=O)C=Cc3ccccc3)CC2)Oc2ccccc21. The molecule has 132 valence electrons. The highest BCUT2D eigenvalue weighted by Crippen LogP contribution is 2.39. The summed E-state index contributed by atoms with van der Waals surface area (Å²) in [6.07, 6.45) is 5.21. The summed E-state index contributed by atoms with van der Waals surface area (Å²) < 4.78 is 6.21. The van der Waals surface area contributed by atoms with Crippen LogP contribution in [0.1, 0.15) is 35.2 Å². The van der Waals surface area contributed by atoms with E-state index in [9.17, 15) is 9.59 Å². The Kier molecular flexibility index (Phi) is 4.33. The number of carbonyl (C=O) groups excluding carboxylic acids is 2. The minimum atomic E-state index is -0.467. The van der Waals surface area contributed by atoms with E-state index in [2.05, 4.69) is 0 Å². The molecule has 4 rings (SSSR count). The van der Waals surface area contributed by atoms with E-state index >= 15 is 0 Å². The van der Waals surface area contributed by atoms with E-state index in [-0.39, 0.29) is 11.7 Å². The molecule has 1 spiro atoms. The Morgan fingerprint density at radius 3 is 2.46 bits per heavy atom. The molecule has 2 heterocycles. The lowest BCUT2D eigenvalue weighted by Gasteiger charge is -2.43. The quantitative estimate of drug-likeness (QED) is 0.778. The van der Waals surface area contributed by atoms with Gasteiger partial charge in [-0.05, 0) is 23.8 Å². The first-order valence-electron chi connectivity index (χ1n) is 8.99. The van der Waals surface area contributed by atoms with Crippen LogP contribution in [0.25, 0.3) is 6.08 Å². The van der Waals surface area contributed by atoms with Crippen LogP contribution in [0.3, 0.4) is 0 Å². The number of amides is 1. The zero-order valence-corrected chi connectivity index (χ0v) is 14.6. The Balaban J connectivity index is 1.41. The average molecular weight is 347 g/mol. The van der Waals surface area contributed by atoms with Crippen molar-refractivity contribution >= 4 is 17.8 Å². The number of rotatable bonds is 2. The van der Waals surface area contributed by atoms with E-state index in [1.165, 1.54) is 0 Å². The maximum Gasteiger partial charge on any atom is 0.246 e. The van der Waals surface area contributed by atoms with Gasteiger partial charge < -0.3 is 9.64 Å². The van der Waals surface area contributed by atoms with Crippen molar-refractivity contribution < 1.29 is 14.3 Å². The normalized spacial score (nSPS) is 18.6. The highest BCUT2D eigenvalue weighted by atomic mass is 16.5. The van der Waals surface area contributed by atoms with Gasteiger partial charge in [-0.15, -0.1) is 0 Å². The van der Waals surface area contributed by atoms with Gasteiger partial charge in [-0.2, -0.15) is 0 Å². The molecule has 0 saturated carbocycles. The minimum absolute atomic E-state index is 0.00578. The first-order valence-corrected chi connectivity index (χ1v) is 8.99. The number of ether oxygens (including phenoxy) is 1. The van der Waals surface area contributed by atoms with Crippen molar-refractivity contribution in [1.29, 1.82) is 0 Å². The summed E-state index contributed by atoms with van der Waals surface area (Å²) in [5, 5.41) is 0. The largest absolute Gasteiger partial charge is 0.486 e. The standard InChI is InChI=1S/C22H21NO3/c24-19-16-22(26-20-9-5-4-8-18(19)20)12-14-23(15-13-22)21(25)11-10-17-6-2-1-3-7-17/h1-11H,12-16H2. The minimum Gasteiger partial charge on any atom is -0.486 e. The molecule has 2 aliphatic rings. The molecule has 2 aromatic rings. The smallest absolute Gasteiger partial charge is 0.246 e. The molecule has 0 unspecified atom stereocenters. The molecule has 1 amide bonds. The zero-order chi connectivity index (χ0) is 18.0. The molecule has 26 heavy (non-hydrogen) atoms. The van der Waals surface area contributed by atoms with Crippen LogP contribution in [0.2, 0.25) is 0 Å². The molecule has 4 heteroatoms. The fraction of sp³-hybridized carbons (Fsp3) is 0.273. The maximum atomic E-state index is 12.5. The van der Waals surface area contributed by atoms with Crippen molar-refractivity contribution in [2.75, 3.05) is 13.1 Å². The number of carbonyl (C=O) groups is 2. The molecule has 1 saturated heterocycles. The number of nitrogens with zero attached hydrogens (tertiary/aromatic N) is 1. The Hall–Kier alpha value is -2.88. The highest BCUT2D eigenvalue weighted by Gasteiger charge is 2.43. The van der Waals surface area contributed by atoms with E-state index < -0.39 is 5.60 Å². The van der Waals surface area contributed by atoms with E-state index in [1.54, 1.807) is 6.08 Å². The van der Waals surface area contributed by atoms with Gasteiger partial charge in [0.05, 0.1) is 12.0 Å². The molecule has 0 aromatic heterocycles. The topological polar surface area (TPSA) is 46.6 Å². The number of likely N-dealkylation sites (tertiary alicyclic amines) is 1. The lowest BCUT2D eigenvalue weighted by molar-refractivity contribution is -0.129. The third-order valence-corrected chi connectivity index (χ3v) is 5.20. The van der Waals surface area contributed by atoms with Crippen molar-refractivity contribution in [2.45, 2.75) is 24.9 Å². The third-order valence-electron chi connectivity index (χ3n) is 5.20. The number of ketones is 1. The van der Waals surface area contributed by atoms with Crippen molar-refractivity contribution in [3.63, 3.8) is 0 Å². The first-order chi connectivity index (χ1) is 12.7. The fourth-order valence-corrected chi connectivity index (χ4v) is 3.69. The van der Waals surface area contributed by atoms with Crippen LogP contribution in [0, 0.1) is 0 Å². The van der Waals surface area contributed by atoms with Gasteiger partial charge in [0.25, 0.3) is 0 Å². The summed E-state index contributed by atoms with van der Waals surface area (Å²) in [7, 11) is 0. The number of hydrogen-bond donors (Lipinski definition) is 0. The second kappa shape index (κ2) is 6.79. The summed E-state index contributed by atoms with van der Waals surface area (Å²) in [5.41, 5.74) is 1.21. The zero-order valence-electron chi connectivity index (χ0n) is 14.6. The Morgan fingerprint density at radius 1 is 1.00 bits per heavy atom. The van der Waals surface area contributed by atoms with Crippen LogP contribution < -0.4 is 4.74 Å². The van der Waals surface area contributed by atoms with Gasteiger partial charge in [0.15, 0.2) is 5.78 Å². The van der Waals surface area contributed by atoms with E-state index in [4.69, 9.17) is 4.74 Å². The van der Waals surface area contributed by atoms with E-state index in [0.717, 1.165) is 5.56 Å². The highest BCUT2D eigenvalue weighted by molar-refractivity contribution is 6.00. The summed E-state index contributed by atoms with van der Waals surface area (Å²) in [5.74, 6) is 0.814. The average Bonchev–Trinajstić information content (AvgIpc) is 2.67. The van der Waals surface area contributed by atoms with Gasteiger partial charge in [0.1, 0.15) is 11.4 Å². The Labute approximate surface area is 153 Å². The van der Waals surface area contributed by atoms with Crippen molar-refractivity contribution in [3.8, 4) is 5.75 Å². The number of fused-ring (bicyclic) bond motifs is 1. The van der Waals surface area contributed by atoms with Crippen LogP contribution in [0.15, 0.2) is 60.7 Å². The van der Waals surface area contributed by atoms with E-state index in [1.807, 2.05) is 65.6 Å². The number of piperidine rings is 1. The summed E-state index contributed by atoms with van der Waals surface area (Å²) in [6, 6.07) is 17.2. The van der Waals surface area contributed by atoms with E-state index in [0.29, 0.717) is 43.7 Å². The predicted molar refractivity (Wildman–Crippen MR) is 100 cm³/mol. The molecular formula is C22H21NO3. The molecule has 0 bridgehead atoms. The van der Waals surface area contributed by atoms with Crippen molar-refractivity contribution in [1.82, 2.24) is 4.90 Å². The van der Waals surface area contributed by atoms with Gasteiger partial charge in [-0.1, -0.05) is 42.5 Å². The van der Waals surface area contributed by atoms with Gasteiger partial charge in [0.2, 0.25) is 5.91 Å². The van der Waals surface area contributed by atoms with Crippen LogP contribution in [0.5, 0.6) is 5.75 Å². The fourth-order valence-electron chi connectivity index (χ4n) is 3.69.